The number of hydrogen-bond donors (Lipinski definition) is 1. The van der Waals surface area contributed by atoms with Crippen molar-refractivity contribution >= 4 is 29.4 Å². The summed E-state index contributed by atoms with van der Waals surface area (Å²) in [5, 5.41) is 3.32. The zero-order valence-corrected chi connectivity index (χ0v) is 13.2. The van der Waals surface area contributed by atoms with Crippen LogP contribution in [0.15, 0.2) is 24.3 Å². The molecule has 1 aliphatic rings. The number of rotatable bonds is 4. The summed E-state index contributed by atoms with van der Waals surface area (Å²) in [5.41, 5.74) is 2.46. The number of amides is 1. The van der Waals surface area contributed by atoms with Gasteiger partial charge >= 0.3 is 0 Å². The van der Waals surface area contributed by atoms with Crippen LogP contribution in [0.5, 0.6) is 0 Å². The minimum absolute atomic E-state index is 0.123. The van der Waals surface area contributed by atoms with E-state index in [1.165, 1.54) is 16.9 Å². The zero-order valence-electron chi connectivity index (χ0n) is 11.5. The summed E-state index contributed by atoms with van der Waals surface area (Å²) >= 11 is 3.67. The molecule has 1 N–H and O–H groups in total. The molecule has 104 valence electrons. The third-order valence-electron chi connectivity index (χ3n) is 3.31. The highest BCUT2D eigenvalue weighted by Gasteiger charge is 2.24. The Morgan fingerprint density at radius 2 is 2.11 bits per heavy atom. The number of hydrogen-bond acceptors (Lipinski definition) is 3. The molecule has 1 saturated heterocycles. The van der Waals surface area contributed by atoms with Crippen molar-refractivity contribution in [2.75, 3.05) is 17.3 Å². The van der Waals surface area contributed by atoms with Gasteiger partial charge in [0.15, 0.2) is 0 Å². The van der Waals surface area contributed by atoms with Gasteiger partial charge in [0.1, 0.15) is 0 Å². The summed E-state index contributed by atoms with van der Waals surface area (Å²) in [6.45, 7) is 4.20. The van der Waals surface area contributed by atoms with Gasteiger partial charge in [0.2, 0.25) is 5.91 Å². The van der Waals surface area contributed by atoms with Crippen LogP contribution in [0.3, 0.4) is 0 Å². The molecule has 0 saturated carbocycles. The van der Waals surface area contributed by atoms with Crippen LogP contribution in [0.2, 0.25) is 0 Å². The van der Waals surface area contributed by atoms with E-state index in [4.69, 9.17) is 0 Å². The van der Waals surface area contributed by atoms with E-state index in [1.807, 2.05) is 11.8 Å². The Bertz CT molecular complexity index is 413. The lowest BCUT2D eigenvalue weighted by Gasteiger charge is -2.24. The average molecular weight is 295 g/mol. The molecular weight excluding hydrogens is 274 g/mol. The highest BCUT2D eigenvalue weighted by Crippen LogP contribution is 2.25. The topological polar surface area (TPSA) is 29.1 Å². The average Bonchev–Trinajstić information content (AvgIpc) is 2.46. The lowest BCUT2D eigenvalue weighted by Crippen LogP contribution is -2.38. The number of carbonyl (C=O) groups is 1. The number of carbonyl (C=O) groups excluding carboxylic acids is 1. The maximum atomic E-state index is 12.3. The van der Waals surface area contributed by atoms with Crippen molar-refractivity contribution in [3.05, 3.63) is 35.4 Å². The van der Waals surface area contributed by atoms with Gasteiger partial charge in [0, 0.05) is 17.3 Å². The van der Waals surface area contributed by atoms with Crippen LogP contribution in [0, 0.1) is 6.92 Å². The molecule has 19 heavy (non-hydrogen) atoms. The summed E-state index contributed by atoms with van der Waals surface area (Å²) in [7, 11) is 0. The van der Waals surface area contributed by atoms with Crippen molar-refractivity contribution in [2.24, 2.45) is 0 Å². The first-order valence-electron chi connectivity index (χ1n) is 6.77. The van der Waals surface area contributed by atoms with E-state index in [9.17, 15) is 4.79 Å². The summed E-state index contributed by atoms with van der Waals surface area (Å²) in [4.78, 5) is 12.3. The molecule has 0 bridgehead atoms. The van der Waals surface area contributed by atoms with E-state index in [0.29, 0.717) is 0 Å². The van der Waals surface area contributed by atoms with Crippen molar-refractivity contribution in [3.8, 4) is 0 Å². The first kappa shape index (κ1) is 14.8. The van der Waals surface area contributed by atoms with Crippen molar-refractivity contribution in [1.29, 1.82) is 0 Å². The maximum Gasteiger partial charge on any atom is 0.234 e. The molecular formula is C15H21NOS2. The molecule has 0 aromatic heterocycles. The fourth-order valence-corrected chi connectivity index (χ4v) is 4.69. The molecule has 2 nitrogen and oxygen atoms in total. The van der Waals surface area contributed by atoms with Crippen LogP contribution >= 0.6 is 23.5 Å². The first-order valence-corrected chi connectivity index (χ1v) is 8.97. The molecule has 1 heterocycles. The van der Waals surface area contributed by atoms with Gasteiger partial charge in [-0.1, -0.05) is 36.8 Å². The van der Waals surface area contributed by atoms with Crippen LogP contribution in [-0.4, -0.2) is 28.4 Å². The van der Waals surface area contributed by atoms with E-state index < -0.39 is 0 Å². The number of nitrogens with one attached hydrogen (secondary N) is 1. The highest BCUT2D eigenvalue weighted by molar-refractivity contribution is 8.07. The van der Waals surface area contributed by atoms with Gasteiger partial charge in [-0.2, -0.15) is 11.8 Å². The van der Waals surface area contributed by atoms with E-state index in [2.05, 4.69) is 43.4 Å². The Labute approximate surface area is 124 Å². The molecule has 0 spiro atoms. The fourth-order valence-electron chi connectivity index (χ4n) is 2.12. The van der Waals surface area contributed by atoms with Gasteiger partial charge in [-0.15, -0.1) is 11.8 Å². The van der Waals surface area contributed by atoms with Crippen LogP contribution in [0.25, 0.3) is 0 Å². The van der Waals surface area contributed by atoms with E-state index in [1.54, 1.807) is 11.8 Å². The second kappa shape index (κ2) is 7.25. The Morgan fingerprint density at radius 3 is 2.68 bits per heavy atom. The molecule has 1 aliphatic heterocycles. The van der Waals surface area contributed by atoms with Gasteiger partial charge in [-0.25, -0.2) is 0 Å². The highest BCUT2D eigenvalue weighted by atomic mass is 32.2. The molecule has 0 radical (unpaired) electrons. The lowest BCUT2D eigenvalue weighted by molar-refractivity contribution is -0.121. The molecule has 2 unspecified atom stereocenters. The Hall–Kier alpha value is -0.610. The first-order chi connectivity index (χ1) is 9.20. The number of aryl methyl sites for hydroxylation is 1. The third-order valence-corrected chi connectivity index (χ3v) is 6.07. The second-order valence-electron chi connectivity index (χ2n) is 4.81. The Kier molecular flexibility index (Phi) is 5.64. The smallest absolute Gasteiger partial charge is 0.234 e. The van der Waals surface area contributed by atoms with Gasteiger partial charge in [-0.3, -0.25) is 4.79 Å². The van der Waals surface area contributed by atoms with Crippen molar-refractivity contribution in [1.82, 2.24) is 5.32 Å². The predicted octanol–water partition coefficient (Wildman–Crippen LogP) is 3.41. The van der Waals surface area contributed by atoms with Gasteiger partial charge < -0.3 is 5.32 Å². The van der Waals surface area contributed by atoms with Gasteiger partial charge in [0.05, 0.1) is 11.3 Å². The summed E-state index contributed by atoms with van der Waals surface area (Å²) < 4.78 is 0. The summed E-state index contributed by atoms with van der Waals surface area (Å²) in [6, 6.07) is 8.59. The molecule has 1 aromatic carbocycles. The molecule has 1 fully saturated rings. The summed E-state index contributed by atoms with van der Waals surface area (Å²) in [5.74, 6) is 3.40. The van der Waals surface area contributed by atoms with Gasteiger partial charge in [-0.05, 0) is 18.9 Å². The monoisotopic (exact) mass is 295 g/mol. The SMILES string of the molecule is CCC(NC(=O)C1CSCCS1)c1ccc(C)cc1. The Morgan fingerprint density at radius 1 is 1.37 bits per heavy atom. The minimum Gasteiger partial charge on any atom is -0.348 e. The quantitative estimate of drug-likeness (QED) is 0.923. The van der Waals surface area contributed by atoms with E-state index >= 15 is 0 Å². The molecule has 2 atom stereocenters. The lowest BCUT2D eigenvalue weighted by atomic mass is 10.0. The normalized spacial score (nSPS) is 20.8. The van der Waals surface area contributed by atoms with Crippen LogP contribution < -0.4 is 5.32 Å². The third kappa shape index (κ3) is 4.18. The Balaban J connectivity index is 1.98. The summed E-state index contributed by atoms with van der Waals surface area (Å²) in [6.07, 6.45) is 0.930. The molecule has 1 aromatic rings. The predicted molar refractivity (Wildman–Crippen MR) is 85.9 cm³/mol. The molecule has 2 rings (SSSR count). The fraction of sp³-hybridized carbons (Fsp3) is 0.533. The standard InChI is InChI=1S/C15H21NOS2/c1-3-13(12-6-4-11(2)5-7-12)16-15(17)14-10-18-8-9-19-14/h4-7,13-14H,3,8-10H2,1-2H3,(H,16,17). The number of benzene rings is 1. The zero-order chi connectivity index (χ0) is 13.7. The van der Waals surface area contributed by atoms with Crippen molar-refractivity contribution in [2.45, 2.75) is 31.6 Å². The molecule has 4 heteroatoms. The van der Waals surface area contributed by atoms with Gasteiger partial charge in [0.25, 0.3) is 0 Å². The minimum atomic E-state index is 0.123. The van der Waals surface area contributed by atoms with E-state index in [-0.39, 0.29) is 17.2 Å². The van der Waals surface area contributed by atoms with Crippen molar-refractivity contribution in [3.63, 3.8) is 0 Å². The molecule has 0 aliphatic carbocycles. The number of thioether (sulfide) groups is 2. The maximum absolute atomic E-state index is 12.3. The molecule has 1 amide bonds. The van der Waals surface area contributed by atoms with E-state index in [0.717, 1.165) is 17.9 Å². The van der Waals surface area contributed by atoms with Crippen LogP contribution in [0.4, 0.5) is 0 Å². The van der Waals surface area contributed by atoms with Crippen LogP contribution in [0.1, 0.15) is 30.5 Å². The largest absolute Gasteiger partial charge is 0.348 e. The van der Waals surface area contributed by atoms with Crippen LogP contribution in [-0.2, 0) is 4.79 Å². The van der Waals surface area contributed by atoms with Crippen molar-refractivity contribution < 1.29 is 4.79 Å². The second-order valence-corrected chi connectivity index (χ2v) is 7.27.